The lowest BCUT2D eigenvalue weighted by Gasteiger charge is -2.12. The highest BCUT2D eigenvalue weighted by molar-refractivity contribution is 8.18. The van der Waals surface area contributed by atoms with Gasteiger partial charge in [-0.1, -0.05) is 23.7 Å². The molecule has 134 valence electrons. The molecule has 26 heavy (non-hydrogen) atoms. The van der Waals surface area contributed by atoms with Crippen molar-refractivity contribution in [3.63, 3.8) is 0 Å². The Morgan fingerprint density at radius 1 is 1.08 bits per heavy atom. The zero-order valence-corrected chi connectivity index (χ0v) is 15.8. The predicted octanol–water partition coefficient (Wildman–Crippen LogP) is 4.59. The Kier molecular flexibility index (Phi) is 5.54. The van der Waals surface area contributed by atoms with Crippen LogP contribution in [0.1, 0.15) is 11.1 Å². The molecule has 1 fully saturated rings. The van der Waals surface area contributed by atoms with Crippen LogP contribution in [0.3, 0.4) is 0 Å². The number of carbonyl (C=O) groups is 2. The lowest BCUT2D eigenvalue weighted by atomic mass is 10.1. The molecule has 1 heterocycles. The highest BCUT2D eigenvalue weighted by Gasteiger charge is 2.35. The summed E-state index contributed by atoms with van der Waals surface area (Å²) in [6.45, 7) is 0.207. The number of nitrogens with zero attached hydrogens (tertiary/aromatic N) is 1. The molecule has 1 saturated heterocycles. The first-order chi connectivity index (χ1) is 12.5. The third-order valence-corrected chi connectivity index (χ3v) is 5.01. The van der Waals surface area contributed by atoms with Gasteiger partial charge < -0.3 is 9.47 Å². The Hall–Kier alpha value is -2.44. The second-order valence-electron chi connectivity index (χ2n) is 5.50. The second kappa shape index (κ2) is 7.85. The minimum atomic E-state index is -0.326. The van der Waals surface area contributed by atoms with Crippen molar-refractivity contribution in [1.82, 2.24) is 4.90 Å². The van der Waals surface area contributed by atoms with Gasteiger partial charge in [-0.25, -0.2) is 0 Å². The number of halogens is 1. The Morgan fingerprint density at radius 3 is 2.46 bits per heavy atom. The molecule has 7 heteroatoms. The molecule has 5 nitrogen and oxygen atoms in total. The molecule has 1 aliphatic heterocycles. The summed E-state index contributed by atoms with van der Waals surface area (Å²) in [4.78, 5) is 26.5. The Morgan fingerprint density at radius 2 is 1.81 bits per heavy atom. The number of hydrogen-bond donors (Lipinski definition) is 0. The van der Waals surface area contributed by atoms with Crippen molar-refractivity contribution < 1.29 is 19.1 Å². The van der Waals surface area contributed by atoms with E-state index in [1.54, 1.807) is 62.8 Å². The second-order valence-corrected chi connectivity index (χ2v) is 6.93. The molecular formula is C19H16ClNO4S. The summed E-state index contributed by atoms with van der Waals surface area (Å²) in [6, 6.07) is 12.3. The number of ether oxygens (including phenoxy) is 2. The SMILES string of the molecule is COc1ccc(/C=C2\SC(=O)N(Cc3ccc(Cl)cc3)C2=O)c(OC)c1. The van der Waals surface area contributed by atoms with Crippen molar-refractivity contribution in [2.24, 2.45) is 0 Å². The summed E-state index contributed by atoms with van der Waals surface area (Å²) in [7, 11) is 3.11. The first-order valence-electron chi connectivity index (χ1n) is 7.73. The van der Waals surface area contributed by atoms with Gasteiger partial charge in [0.1, 0.15) is 11.5 Å². The number of methoxy groups -OCH3 is 2. The standard InChI is InChI=1S/C19H16ClNO4S/c1-24-15-8-5-13(16(10-15)25-2)9-17-18(22)21(19(23)26-17)11-12-3-6-14(20)7-4-12/h3-10H,11H2,1-2H3/b17-9-. The maximum atomic E-state index is 12.6. The van der Waals surface area contributed by atoms with Crippen LogP contribution in [0.2, 0.25) is 5.02 Å². The molecule has 2 aromatic carbocycles. The average Bonchev–Trinajstić information content (AvgIpc) is 2.91. The number of rotatable bonds is 5. The molecule has 2 aromatic rings. The number of hydrogen-bond acceptors (Lipinski definition) is 5. The van der Waals surface area contributed by atoms with E-state index in [1.165, 1.54) is 4.90 Å². The first kappa shape index (κ1) is 18.4. The maximum absolute atomic E-state index is 12.6. The van der Waals surface area contributed by atoms with Crippen molar-refractivity contribution in [3.05, 3.63) is 63.5 Å². The quantitative estimate of drug-likeness (QED) is 0.700. The van der Waals surface area contributed by atoms with E-state index in [2.05, 4.69) is 0 Å². The monoisotopic (exact) mass is 389 g/mol. The van der Waals surface area contributed by atoms with E-state index < -0.39 is 0 Å². The highest BCUT2D eigenvalue weighted by Crippen LogP contribution is 2.35. The lowest BCUT2D eigenvalue weighted by Crippen LogP contribution is -2.27. The number of imide groups is 1. The van der Waals surface area contributed by atoms with Crippen molar-refractivity contribution in [1.29, 1.82) is 0 Å². The van der Waals surface area contributed by atoms with Gasteiger partial charge in [0.25, 0.3) is 11.1 Å². The van der Waals surface area contributed by atoms with Crippen molar-refractivity contribution in [2.45, 2.75) is 6.54 Å². The molecule has 0 aliphatic carbocycles. The summed E-state index contributed by atoms with van der Waals surface area (Å²) < 4.78 is 10.5. The fourth-order valence-corrected chi connectivity index (χ4v) is 3.44. The lowest BCUT2D eigenvalue weighted by molar-refractivity contribution is -0.123. The van der Waals surface area contributed by atoms with Gasteiger partial charge in [-0.05, 0) is 47.7 Å². The van der Waals surface area contributed by atoms with Crippen molar-refractivity contribution >= 4 is 40.6 Å². The van der Waals surface area contributed by atoms with Crippen LogP contribution >= 0.6 is 23.4 Å². The van der Waals surface area contributed by atoms with E-state index >= 15 is 0 Å². The minimum Gasteiger partial charge on any atom is -0.497 e. The highest BCUT2D eigenvalue weighted by atomic mass is 35.5. The topological polar surface area (TPSA) is 55.8 Å². The molecule has 0 aromatic heterocycles. The molecule has 1 aliphatic rings. The van der Waals surface area contributed by atoms with Crippen LogP contribution in [0.25, 0.3) is 6.08 Å². The zero-order chi connectivity index (χ0) is 18.7. The van der Waals surface area contributed by atoms with Crippen molar-refractivity contribution in [3.8, 4) is 11.5 Å². The zero-order valence-electron chi connectivity index (χ0n) is 14.2. The summed E-state index contributed by atoms with van der Waals surface area (Å²) in [6.07, 6.45) is 1.66. The smallest absolute Gasteiger partial charge is 0.293 e. The molecule has 0 atom stereocenters. The van der Waals surface area contributed by atoms with Crippen LogP contribution in [-0.2, 0) is 11.3 Å². The van der Waals surface area contributed by atoms with Gasteiger partial charge in [-0.3, -0.25) is 14.5 Å². The van der Waals surface area contributed by atoms with E-state index in [-0.39, 0.29) is 17.7 Å². The number of thioether (sulfide) groups is 1. The van der Waals surface area contributed by atoms with Gasteiger partial charge in [0.15, 0.2) is 0 Å². The molecule has 0 N–H and O–H groups in total. The molecule has 0 unspecified atom stereocenters. The number of benzene rings is 2. The van der Waals surface area contributed by atoms with Gasteiger partial charge in [0.2, 0.25) is 0 Å². The first-order valence-corrected chi connectivity index (χ1v) is 8.93. The predicted molar refractivity (Wildman–Crippen MR) is 103 cm³/mol. The minimum absolute atomic E-state index is 0.207. The van der Waals surface area contributed by atoms with Gasteiger partial charge >= 0.3 is 0 Å². The van der Waals surface area contributed by atoms with E-state index in [0.717, 1.165) is 17.3 Å². The van der Waals surface area contributed by atoms with Gasteiger partial charge in [-0.15, -0.1) is 0 Å². The van der Waals surface area contributed by atoms with Crippen LogP contribution in [-0.4, -0.2) is 30.3 Å². The van der Waals surface area contributed by atoms with Crippen LogP contribution in [0, 0.1) is 0 Å². The van der Waals surface area contributed by atoms with Crippen LogP contribution in [0.4, 0.5) is 4.79 Å². The van der Waals surface area contributed by atoms with E-state index in [0.29, 0.717) is 27.0 Å². The third kappa shape index (κ3) is 3.86. The normalized spacial score (nSPS) is 15.7. The van der Waals surface area contributed by atoms with Gasteiger partial charge in [0.05, 0.1) is 25.7 Å². The number of amides is 2. The molecule has 0 bridgehead atoms. The van der Waals surface area contributed by atoms with Crippen molar-refractivity contribution in [2.75, 3.05) is 14.2 Å². The Bertz CT molecular complexity index is 880. The number of carbonyl (C=O) groups excluding carboxylic acids is 2. The summed E-state index contributed by atoms with van der Waals surface area (Å²) in [5.41, 5.74) is 1.53. The molecule has 0 spiro atoms. The fourth-order valence-electron chi connectivity index (χ4n) is 2.49. The van der Waals surface area contributed by atoms with Gasteiger partial charge in [0, 0.05) is 16.7 Å². The third-order valence-electron chi connectivity index (χ3n) is 3.85. The van der Waals surface area contributed by atoms with Crippen LogP contribution < -0.4 is 9.47 Å². The Balaban J connectivity index is 1.84. The Labute approximate surface area is 160 Å². The van der Waals surface area contributed by atoms with Gasteiger partial charge in [-0.2, -0.15) is 0 Å². The average molecular weight is 390 g/mol. The summed E-state index contributed by atoms with van der Waals surface area (Å²) >= 11 is 6.78. The molecule has 0 radical (unpaired) electrons. The van der Waals surface area contributed by atoms with E-state index in [1.807, 2.05) is 0 Å². The van der Waals surface area contributed by atoms with Crippen LogP contribution in [0.5, 0.6) is 11.5 Å². The summed E-state index contributed by atoms with van der Waals surface area (Å²) in [5.74, 6) is 0.886. The molecule has 0 saturated carbocycles. The molecule has 2 amide bonds. The maximum Gasteiger partial charge on any atom is 0.293 e. The summed E-state index contributed by atoms with van der Waals surface area (Å²) in [5, 5.41) is 0.304. The molecular weight excluding hydrogens is 374 g/mol. The van der Waals surface area contributed by atoms with E-state index in [4.69, 9.17) is 21.1 Å². The largest absolute Gasteiger partial charge is 0.497 e. The molecule has 3 rings (SSSR count). The fraction of sp³-hybridized carbons (Fsp3) is 0.158. The van der Waals surface area contributed by atoms with Crippen LogP contribution in [0.15, 0.2) is 47.4 Å². The van der Waals surface area contributed by atoms with E-state index in [9.17, 15) is 9.59 Å².